The van der Waals surface area contributed by atoms with Crippen molar-refractivity contribution in [2.24, 2.45) is 5.16 Å². The van der Waals surface area contributed by atoms with Crippen LogP contribution in [-0.2, 0) is 34.8 Å². The number of nitrogens with one attached hydrogen (secondary N) is 1. The van der Waals surface area contributed by atoms with Crippen LogP contribution in [0.2, 0.25) is 0 Å². The Morgan fingerprint density at radius 2 is 2.14 bits per heavy atom. The number of oxime groups is 1. The summed E-state index contributed by atoms with van der Waals surface area (Å²) in [6.07, 6.45) is 1.09. The molecule has 2 atom stereocenters. The molecule has 0 aromatic carbocycles. The van der Waals surface area contributed by atoms with E-state index in [9.17, 15) is 27.9 Å². The smallest absolute Gasteiger partial charge is 0.352 e. The maximum atomic E-state index is 12.9. The number of carbonyl (C=O) groups excluding carboxylic acids is 2. The van der Waals surface area contributed by atoms with Gasteiger partial charge in [0.25, 0.3) is 11.8 Å². The fraction of sp³-hybridized carbons (Fsp3) is 0.412. The van der Waals surface area contributed by atoms with Gasteiger partial charge in [0, 0.05) is 29.3 Å². The van der Waals surface area contributed by atoms with Crippen molar-refractivity contribution in [2.45, 2.75) is 21.5 Å². The first-order valence-electron chi connectivity index (χ1n) is 10.0. The van der Waals surface area contributed by atoms with Crippen LogP contribution in [0.25, 0.3) is 0 Å². The average Bonchev–Trinajstić information content (AvgIpc) is 3.45. The lowest BCUT2D eigenvalue weighted by Gasteiger charge is -2.49. The molecule has 2 amide bonds. The highest BCUT2D eigenvalue weighted by Gasteiger charge is 2.54. The van der Waals surface area contributed by atoms with E-state index in [0.29, 0.717) is 14.9 Å². The van der Waals surface area contributed by atoms with Crippen LogP contribution < -0.4 is 11.1 Å². The Kier molecular flexibility index (Phi) is 8.02. The number of aliphatic carboxylic acids is 1. The molecule has 2 aromatic heterocycles. The number of β-lactam (4-membered cyclic amide) rings is 1. The third-order valence-corrected chi connectivity index (χ3v) is 9.80. The van der Waals surface area contributed by atoms with Crippen molar-refractivity contribution in [1.29, 1.82) is 0 Å². The Morgan fingerprint density at radius 1 is 1.38 bits per heavy atom. The van der Waals surface area contributed by atoms with Crippen molar-refractivity contribution in [3.8, 4) is 0 Å². The van der Waals surface area contributed by atoms with Crippen LogP contribution >= 0.6 is 46.4 Å². The SMILES string of the molecule is CO/N=C(/C(=O)NC1C(=O)N2C(C(=O)O)=C(CSc3nnc(CS(C)(=O)=O)s3)CS[C@H]12)c1nsc(N)n1. The Hall–Kier alpha value is -2.81. The van der Waals surface area contributed by atoms with Gasteiger partial charge in [0.1, 0.15) is 35.0 Å². The van der Waals surface area contributed by atoms with Crippen LogP contribution in [0.15, 0.2) is 20.8 Å². The maximum absolute atomic E-state index is 12.9. The van der Waals surface area contributed by atoms with Crippen LogP contribution in [0.5, 0.6) is 0 Å². The Bertz CT molecular complexity index is 1420. The second-order valence-electron chi connectivity index (χ2n) is 7.52. The van der Waals surface area contributed by atoms with Crippen LogP contribution in [0.3, 0.4) is 0 Å². The minimum atomic E-state index is -3.26. The molecule has 0 bridgehead atoms. The van der Waals surface area contributed by atoms with Crippen molar-refractivity contribution in [3.05, 3.63) is 22.1 Å². The topological polar surface area (TPSA) is 220 Å². The molecule has 1 saturated heterocycles. The van der Waals surface area contributed by atoms with Gasteiger partial charge in [-0.05, 0) is 5.57 Å². The van der Waals surface area contributed by atoms with Gasteiger partial charge in [0.2, 0.25) is 11.5 Å². The van der Waals surface area contributed by atoms with E-state index in [1.165, 1.54) is 30.6 Å². The zero-order valence-corrected chi connectivity index (χ0v) is 23.1. The van der Waals surface area contributed by atoms with Crippen molar-refractivity contribution >= 4 is 84.9 Å². The van der Waals surface area contributed by atoms with E-state index in [4.69, 9.17) is 10.6 Å². The summed E-state index contributed by atoms with van der Waals surface area (Å²) in [7, 11) is -2.03. The first-order chi connectivity index (χ1) is 17.5. The molecule has 0 saturated carbocycles. The highest BCUT2D eigenvalue weighted by atomic mass is 32.2. The number of carbonyl (C=O) groups is 3. The molecular weight excluding hydrogens is 589 g/mol. The number of carboxylic acids is 1. The molecule has 1 fully saturated rings. The largest absolute Gasteiger partial charge is 0.477 e. The van der Waals surface area contributed by atoms with Gasteiger partial charge in [-0.15, -0.1) is 22.0 Å². The van der Waals surface area contributed by atoms with Crippen molar-refractivity contribution < 1.29 is 32.7 Å². The number of fused-ring (bicyclic) bond motifs is 1. The molecule has 2 aromatic rings. The predicted molar refractivity (Wildman–Crippen MR) is 137 cm³/mol. The molecule has 4 heterocycles. The predicted octanol–water partition coefficient (Wildman–Crippen LogP) is -0.602. The van der Waals surface area contributed by atoms with Gasteiger partial charge in [-0.3, -0.25) is 14.5 Å². The van der Waals surface area contributed by atoms with Crippen molar-refractivity contribution in [3.63, 3.8) is 0 Å². The highest BCUT2D eigenvalue weighted by molar-refractivity contribution is 8.02. The lowest BCUT2D eigenvalue weighted by molar-refractivity contribution is -0.150. The second kappa shape index (κ2) is 10.9. The molecule has 4 rings (SSSR count). The van der Waals surface area contributed by atoms with Crippen LogP contribution in [0.4, 0.5) is 5.13 Å². The van der Waals surface area contributed by atoms with E-state index in [1.54, 1.807) is 0 Å². The summed E-state index contributed by atoms with van der Waals surface area (Å²) >= 11 is 4.45. The minimum Gasteiger partial charge on any atom is -0.477 e. The average molecular weight is 607 g/mol. The number of sulfone groups is 1. The van der Waals surface area contributed by atoms with E-state index in [2.05, 4.69) is 30.0 Å². The standard InChI is InChI=1S/C17H18N8O7S5/c1-32-23-8(11-20-16(18)36-24-11)12(26)19-9-13(27)25-10(15(28)29)6(3-33-14(9)25)4-34-17-22-21-7(35-17)5-37(2,30)31/h9,14H,3-5H2,1-2H3,(H,19,26)(H,28,29)(H2,18,20,24)/b23-8+/t9?,14-/m1/s1. The first-order valence-corrected chi connectivity index (χ1v) is 15.7. The molecule has 198 valence electrons. The molecule has 2 aliphatic heterocycles. The van der Waals surface area contributed by atoms with E-state index in [1.807, 2.05) is 0 Å². The summed E-state index contributed by atoms with van der Waals surface area (Å²) in [5.74, 6) is -2.46. The molecule has 0 aliphatic carbocycles. The second-order valence-corrected chi connectivity index (χ2v) is 13.8. The van der Waals surface area contributed by atoms with Gasteiger partial charge in [-0.2, -0.15) is 9.36 Å². The summed E-state index contributed by atoms with van der Waals surface area (Å²) in [5.41, 5.74) is 5.61. The summed E-state index contributed by atoms with van der Waals surface area (Å²) in [4.78, 5) is 47.5. The molecule has 20 heteroatoms. The van der Waals surface area contributed by atoms with Crippen molar-refractivity contribution in [2.75, 3.05) is 30.6 Å². The van der Waals surface area contributed by atoms with Crippen molar-refractivity contribution in [1.82, 2.24) is 29.8 Å². The number of nitrogen functional groups attached to an aromatic ring is 1. The Balaban J connectivity index is 1.46. The summed E-state index contributed by atoms with van der Waals surface area (Å²) in [5, 5.41) is 23.6. The Morgan fingerprint density at radius 3 is 2.76 bits per heavy atom. The summed E-state index contributed by atoms with van der Waals surface area (Å²) < 4.78 is 27.3. The van der Waals surface area contributed by atoms with Gasteiger partial charge in [0.15, 0.2) is 19.3 Å². The number of hydrogen-bond acceptors (Lipinski definition) is 16. The monoisotopic (exact) mass is 606 g/mol. The number of carboxylic acid groups (broad SMARTS) is 1. The lowest BCUT2D eigenvalue weighted by Crippen LogP contribution is -2.71. The maximum Gasteiger partial charge on any atom is 0.352 e. The van der Waals surface area contributed by atoms with E-state index < -0.39 is 39.0 Å². The molecule has 0 radical (unpaired) electrons. The highest BCUT2D eigenvalue weighted by Crippen LogP contribution is 2.41. The lowest BCUT2D eigenvalue weighted by atomic mass is 10.0. The molecule has 37 heavy (non-hydrogen) atoms. The molecule has 4 N–H and O–H groups in total. The first kappa shape index (κ1) is 27.2. The zero-order valence-electron chi connectivity index (χ0n) is 19.0. The minimum absolute atomic E-state index is 0.0661. The number of anilines is 1. The number of nitrogens with two attached hydrogens (primary N) is 1. The van der Waals surface area contributed by atoms with E-state index in [-0.39, 0.29) is 39.6 Å². The fourth-order valence-electron chi connectivity index (χ4n) is 3.34. The molecule has 0 spiro atoms. The van der Waals surface area contributed by atoms with Gasteiger partial charge < -0.3 is 21.0 Å². The van der Waals surface area contributed by atoms with Gasteiger partial charge in [-0.1, -0.05) is 28.3 Å². The van der Waals surface area contributed by atoms with E-state index in [0.717, 1.165) is 34.0 Å². The molecule has 2 aliphatic rings. The normalized spacial score (nSPS) is 19.9. The third-order valence-electron chi connectivity index (χ3n) is 4.79. The van der Waals surface area contributed by atoms with Gasteiger partial charge >= 0.3 is 5.97 Å². The van der Waals surface area contributed by atoms with E-state index >= 15 is 0 Å². The number of rotatable bonds is 10. The third kappa shape index (κ3) is 6.03. The fourth-order valence-corrected chi connectivity index (χ4v) is 8.33. The molecule has 1 unspecified atom stereocenters. The number of amides is 2. The van der Waals surface area contributed by atoms with Crippen LogP contribution in [-0.4, -0.2) is 97.8 Å². The number of thioether (sulfide) groups is 2. The quantitative estimate of drug-likeness (QED) is 0.133. The Labute approximate surface area is 226 Å². The van der Waals surface area contributed by atoms with Crippen LogP contribution in [0, 0.1) is 0 Å². The number of aromatic nitrogens is 4. The van der Waals surface area contributed by atoms with Gasteiger partial charge in [-0.25, -0.2) is 13.2 Å². The van der Waals surface area contributed by atoms with Crippen LogP contribution in [0.1, 0.15) is 10.8 Å². The number of nitrogens with zero attached hydrogens (tertiary/aromatic N) is 6. The number of hydrogen-bond donors (Lipinski definition) is 3. The molecular formula is C17H18N8O7S5. The summed E-state index contributed by atoms with van der Waals surface area (Å²) in [6.45, 7) is 0. The van der Waals surface area contributed by atoms with Gasteiger partial charge in [0.05, 0.1) is 0 Å². The summed E-state index contributed by atoms with van der Waals surface area (Å²) in [6, 6.07) is -0.999. The molecule has 15 nitrogen and oxygen atoms in total. The zero-order chi connectivity index (χ0) is 26.9.